The lowest BCUT2D eigenvalue weighted by atomic mass is 9.93. The molecule has 1 fully saturated rings. The molecule has 1 N–H and O–H groups in total. The van der Waals surface area contributed by atoms with E-state index in [2.05, 4.69) is 10.2 Å². The Morgan fingerprint density at radius 1 is 1.19 bits per heavy atom. The van der Waals surface area contributed by atoms with Gasteiger partial charge < -0.3 is 10.1 Å². The molecule has 4 rings (SSSR count). The van der Waals surface area contributed by atoms with Gasteiger partial charge >= 0.3 is 0 Å². The van der Waals surface area contributed by atoms with Gasteiger partial charge in [0, 0.05) is 18.0 Å². The summed E-state index contributed by atoms with van der Waals surface area (Å²) in [7, 11) is 0. The standard InChI is InChI=1S/C19H22N2O3S2/c22-16(12-21-7-9-24-10-8-21)20-19-17(18(23)15-6-3-11-25-15)13-4-1-2-5-14(13)26-19/h3,6,11H,1-2,4-5,7-10,12H2,(H,20,22). The van der Waals surface area contributed by atoms with E-state index >= 15 is 0 Å². The first-order valence-electron chi connectivity index (χ1n) is 9.05. The third kappa shape index (κ3) is 3.76. The summed E-state index contributed by atoms with van der Waals surface area (Å²) in [6, 6.07) is 3.76. The second-order valence-electron chi connectivity index (χ2n) is 6.66. The van der Waals surface area contributed by atoms with Gasteiger partial charge in [-0.1, -0.05) is 6.07 Å². The molecular formula is C19H22N2O3S2. The lowest BCUT2D eigenvalue weighted by Gasteiger charge is -2.25. The number of ketones is 1. The highest BCUT2D eigenvalue weighted by Crippen LogP contribution is 2.39. The predicted molar refractivity (Wildman–Crippen MR) is 105 cm³/mol. The van der Waals surface area contributed by atoms with E-state index in [1.54, 1.807) is 11.3 Å². The second-order valence-corrected chi connectivity index (χ2v) is 8.71. The average Bonchev–Trinajstić information content (AvgIpc) is 3.29. The molecular weight excluding hydrogens is 368 g/mol. The summed E-state index contributed by atoms with van der Waals surface area (Å²) in [4.78, 5) is 29.7. The molecule has 3 heterocycles. The summed E-state index contributed by atoms with van der Waals surface area (Å²) >= 11 is 3.04. The van der Waals surface area contributed by atoms with Crippen molar-refractivity contribution in [2.45, 2.75) is 25.7 Å². The van der Waals surface area contributed by atoms with E-state index in [-0.39, 0.29) is 11.7 Å². The third-order valence-corrected chi connectivity index (χ3v) is 6.94. The number of nitrogens with zero attached hydrogens (tertiary/aromatic N) is 1. The molecule has 0 spiro atoms. The Balaban J connectivity index is 1.57. The van der Waals surface area contributed by atoms with Gasteiger partial charge in [0.25, 0.3) is 0 Å². The van der Waals surface area contributed by atoms with Crippen LogP contribution in [0.15, 0.2) is 17.5 Å². The molecule has 1 aliphatic heterocycles. The van der Waals surface area contributed by atoms with Gasteiger partial charge in [-0.05, 0) is 42.7 Å². The number of aryl methyl sites for hydroxylation is 1. The number of hydrogen-bond donors (Lipinski definition) is 1. The topological polar surface area (TPSA) is 58.6 Å². The van der Waals surface area contributed by atoms with Gasteiger partial charge in [-0.15, -0.1) is 22.7 Å². The largest absolute Gasteiger partial charge is 0.379 e. The van der Waals surface area contributed by atoms with E-state index in [1.807, 2.05) is 17.5 Å². The number of thiophene rings is 2. The molecule has 0 aromatic carbocycles. The van der Waals surface area contributed by atoms with Crippen molar-refractivity contribution in [2.24, 2.45) is 0 Å². The number of rotatable bonds is 5. The molecule has 0 bridgehead atoms. The van der Waals surface area contributed by atoms with Crippen LogP contribution in [0.1, 0.15) is 38.5 Å². The Kier molecular flexibility index (Phi) is 5.49. The fourth-order valence-electron chi connectivity index (χ4n) is 3.55. The van der Waals surface area contributed by atoms with E-state index in [1.165, 1.54) is 16.2 Å². The van der Waals surface area contributed by atoms with Crippen molar-refractivity contribution in [1.82, 2.24) is 4.90 Å². The van der Waals surface area contributed by atoms with Gasteiger partial charge in [0.15, 0.2) is 0 Å². The minimum absolute atomic E-state index is 0.0427. The minimum Gasteiger partial charge on any atom is -0.379 e. The Morgan fingerprint density at radius 3 is 2.77 bits per heavy atom. The van der Waals surface area contributed by atoms with E-state index in [0.29, 0.717) is 19.8 Å². The van der Waals surface area contributed by atoms with Crippen LogP contribution in [-0.4, -0.2) is 49.4 Å². The van der Waals surface area contributed by atoms with Crippen molar-refractivity contribution < 1.29 is 14.3 Å². The summed E-state index contributed by atoms with van der Waals surface area (Å²) in [5.41, 5.74) is 1.88. The van der Waals surface area contributed by atoms with E-state index < -0.39 is 0 Å². The van der Waals surface area contributed by atoms with Crippen molar-refractivity contribution in [3.63, 3.8) is 0 Å². The van der Waals surface area contributed by atoms with Gasteiger partial charge in [-0.2, -0.15) is 0 Å². The van der Waals surface area contributed by atoms with Crippen molar-refractivity contribution >= 4 is 39.4 Å². The SMILES string of the molecule is O=C(CN1CCOCC1)Nc1sc2c(c1C(=O)c1cccs1)CCCC2. The van der Waals surface area contributed by atoms with Crippen LogP contribution in [0.4, 0.5) is 5.00 Å². The average molecular weight is 391 g/mol. The summed E-state index contributed by atoms with van der Waals surface area (Å²) in [5, 5.41) is 5.69. The van der Waals surface area contributed by atoms with Crippen LogP contribution in [0.5, 0.6) is 0 Å². The van der Waals surface area contributed by atoms with Gasteiger partial charge in [-0.3, -0.25) is 14.5 Å². The Bertz CT molecular complexity index is 792. The maximum absolute atomic E-state index is 13.1. The quantitative estimate of drug-likeness (QED) is 0.797. The molecule has 0 saturated carbocycles. The summed E-state index contributed by atoms with van der Waals surface area (Å²) < 4.78 is 5.33. The molecule has 1 aliphatic carbocycles. The number of fused-ring (bicyclic) bond motifs is 1. The number of amides is 1. The molecule has 0 atom stereocenters. The van der Waals surface area contributed by atoms with Crippen LogP contribution < -0.4 is 5.32 Å². The fraction of sp³-hybridized carbons (Fsp3) is 0.474. The normalized spacial score (nSPS) is 17.7. The molecule has 5 nitrogen and oxygen atoms in total. The van der Waals surface area contributed by atoms with Gasteiger partial charge in [-0.25, -0.2) is 0 Å². The number of carbonyl (C=O) groups is 2. The Morgan fingerprint density at radius 2 is 2.00 bits per heavy atom. The number of morpholine rings is 1. The second kappa shape index (κ2) is 8.00. The number of anilines is 1. The van der Waals surface area contributed by atoms with Gasteiger partial charge in [0.1, 0.15) is 5.00 Å². The number of hydrogen-bond acceptors (Lipinski definition) is 6. The highest BCUT2D eigenvalue weighted by Gasteiger charge is 2.27. The van der Waals surface area contributed by atoms with E-state index in [4.69, 9.17) is 4.74 Å². The van der Waals surface area contributed by atoms with Crippen molar-refractivity contribution in [1.29, 1.82) is 0 Å². The molecule has 1 amide bonds. The van der Waals surface area contributed by atoms with E-state index in [9.17, 15) is 9.59 Å². The molecule has 0 radical (unpaired) electrons. The van der Waals surface area contributed by atoms with Crippen LogP contribution in [-0.2, 0) is 22.4 Å². The van der Waals surface area contributed by atoms with Crippen LogP contribution in [0.3, 0.4) is 0 Å². The minimum atomic E-state index is -0.0503. The maximum atomic E-state index is 13.1. The van der Waals surface area contributed by atoms with Crippen LogP contribution in [0.2, 0.25) is 0 Å². The van der Waals surface area contributed by atoms with E-state index in [0.717, 1.165) is 59.8 Å². The summed E-state index contributed by atoms with van der Waals surface area (Å²) in [6.07, 6.45) is 4.19. The molecule has 2 aliphatic rings. The van der Waals surface area contributed by atoms with Crippen LogP contribution in [0.25, 0.3) is 0 Å². The molecule has 2 aromatic rings. The zero-order valence-electron chi connectivity index (χ0n) is 14.6. The lowest BCUT2D eigenvalue weighted by molar-refractivity contribution is -0.118. The number of nitrogens with one attached hydrogen (secondary N) is 1. The lowest BCUT2D eigenvalue weighted by Crippen LogP contribution is -2.41. The first-order valence-corrected chi connectivity index (χ1v) is 10.7. The van der Waals surface area contributed by atoms with Crippen LogP contribution in [0, 0.1) is 0 Å². The Labute approximate surface area is 161 Å². The third-order valence-electron chi connectivity index (χ3n) is 4.87. The molecule has 26 heavy (non-hydrogen) atoms. The molecule has 138 valence electrons. The van der Waals surface area contributed by atoms with Gasteiger partial charge in [0.05, 0.1) is 30.2 Å². The zero-order valence-corrected chi connectivity index (χ0v) is 16.2. The van der Waals surface area contributed by atoms with Crippen molar-refractivity contribution in [3.8, 4) is 0 Å². The Hall–Kier alpha value is -1.54. The van der Waals surface area contributed by atoms with Gasteiger partial charge in [0.2, 0.25) is 11.7 Å². The monoisotopic (exact) mass is 390 g/mol. The summed E-state index contributed by atoms with van der Waals surface area (Å²) in [5.74, 6) is -0.00759. The van der Waals surface area contributed by atoms with Crippen molar-refractivity contribution in [2.75, 3.05) is 38.2 Å². The smallest absolute Gasteiger partial charge is 0.239 e. The summed E-state index contributed by atoms with van der Waals surface area (Å²) in [6.45, 7) is 3.23. The molecule has 0 unspecified atom stereocenters. The molecule has 1 saturated heterocycles. The zero-order chi connectivity index (χ0) is 17.9. The molecule has 2 aromatic heterocycles. The number of ether oxygens (including phenoxy) is 1. The first kappa shape index (κ1) is 17.9. The highest BCUT2D eigenvalue weighted by molar-refractivity contribution is 7.17. The van der Waals surface area contributed by atoms with Crippen LogP contribution >= 0.6 is 22.7 Å². The van der Waals surface area contributed by atoms with Crippen molar-refractivity contribution in [3.05, 3.63) is 38.4 Å². The first-order chi connectivity index (χ1) is 12.7. The predicted octanol–water partition coefficient (Wildman–Crippen LogP) is 3.19. The fourth-order valence-corrected chi connectivity index (χ4v) is 5.53. The highest BCUT2D eigenvalue weighted by atomic mass is 32.1. The maximum Gasteiger partial charge on any atom is 0.239 e. The molecule has 7 heteroatoms. The number of carbonyl (C=O) groups excluding carboxylic acids is 2.